The van der Waals surface area contributed by atoms with Crippen molar-refractivity contribution in [2.24, 2.45) is 0 Å². The molecule has 4 aromatic rings. The van der Waals surface area contributed by atoms with Gasteiger partial charge in [-0.25, -0.2) is 0 Å². The number of benzene rings is 4. The van der Waals surface area contributed by atoms with Crippen molar-refractivity contribution in [2.75, 3.05) is 0 Å². The van der Waals surface area contributed by atoms with E-state index < -0.39 is 15.6 Å². The molecule has 0 aliphatic rings. The third kappa shape index (κ3) is 3.29. The first-order valence-corrected chi connectivity index (χ1v) is 9.68. The van der Waals surface area contributed by atoms with Crippen LogP contribution in [0.4, 0.5) is 13.2 Å². The van der Waals surface area contributed by atoms with Crippen LogP contribution in [0.5, 0.6) is 5.75 Å². The Hall–Kier alpha value is -3.06. The minimum atomic E-state index is -5.79. The quantitative estimate of drug-likeness (QED) is 0.317. The van der Waals surface area contributed by atoms with Crippen LogP contribution in [0.2, 0.25) is 0 Å². The number of fused-ring (bicyclic) bond motifs is 2. The van der Waals surface area contributed by atoms with E-state index in [0.717, 1.165) is 16.2 Å². The molecule has 142 valence electrons. The summed E-state index contributed by atoms with van der Waals surface area (Å²) in [4.78, 5) is 0. The van der Waals surface area contributed by atoms with E-state index in [1.807, 2.05) is 30.3 Å². The summed E-state index contributed by atoms with van der Waals surface area (Å²) in [6.07, 6.45) is 0. The van der Waals surface area contributed by atoms with E-state index in [-0.39, 0.29) is 11.3 Å². The molecule has 0 bridgehead atoms. The number of hydrogen-bond donors (Lipinski definition) is 0. The van der Waals surface area contributed by atoms with Crippen LogP contribution >= 0.6 is 0 Å². The summed E-state index contributed by atoms with van der Waals surface area (Å²) >= 11 is 0. The largest absolute Gasteiger partial charge is 0.534 e. The van der Waals surface area contributed by atoms with E-state index in [1.165, 1.54) is 6.07 Å². The maximum atomic E-state index is 12.9. The van der Waals surface area contributed by atoms with Gasteiger partial charge in [-0.05, 0) is 45.3 Å². The van der Waals surface area contributed by atoms with E-state index in [2.05, 4.69) is 4.18 Å². The first-order valence-electron chi connectivity index (χ1n) is 8.27. The van der Waals surface area contributed by atoms with E-state index >= 15 is 0 Å². The SMILES string of the molecule is O=S(=O)(Oc1cc2ccccc2cc1-c1ccc2ccccc2c1)C(F)(F)F. The highest BCUT2D eigenvalue weighted by Gasteiger charge is 2.48. The lowest BCUT2D eigenvalue weighted by molar-refractivity contribution is -0.0499. The van der Waals surface area contributed by atoms with Gasteiger partial charge in [0.1, 0.15) is 0 Å². The normalized spacial score (nSPS) is 12.4. The average Bonchev–Trinajstić information content (AvgIpc) is 2.66. The second-order valence-corrected chi connectivity index (χ2v) is 7.78. The Morgan fingerprint density at radius 2 is 1.21 bits per heavy atom. The molecule has 0 radical (unpaired) electrons. The van der Waals surface area contributed by atoms with Crippen LogP contribution in [0, 0.1) is 0 Å². The van der Waals surface area contributed by atoms with Crippen molar-refractivity contribution in [3.63, 3.8) is 0 Å². The van der Waals surface area contributed by atoms with Gasteiger partial charge < -0.3 is 4.18 Å². The molecule has 0 atom stereocenters. The van der Waals surface area contributed by atoms with Crippen LogP contribution in [0.3, 0.4) is 0 Å². The molecule has 0 aromatic heterocycles. The number of alkyl halides is 3. The monoisotopic (exact) mass is 402 g/mol. The van der Waals surface area contributed by atoms with E-state index in [9.17, 15) is 21.6 Å². The lowest BCUT2D eigenvalue weighted by Crippen LogP contribution is -2.28. The van der Waals surface area contributed by atoms with E-state index in [0.29, 0.717) is 10.9 Å². The fraction of sp³-hybridized carbons (Fsp3) is 0.0476. The van der Waals surface area contributed by atoms with Gasteiger partial charge >= 0.3 is 15.6 Å². The molecule has 0 aliphatic carbocycles. The third-order valence-electron chi connectivity index (χ3n) is 4.39. The van der Waals surface area contributed by atoms with Crippen molar-refractivity contribution in [1.29, 1.82) is 0 Å². The molecule has 3 nitrogen and oxygen atoms in total. The Balaban J connectivity index is 1.94. The molecule has 4 rings (SSSR count). The second-order valence-electron chi connectivity index (χ2n) is 6.24. The van der Waals surface area contributed by atoms with Crippen molar-refractivity contribution in [3.05, 3.63) is 78.9 Å². The molecular weight excluding hydrogens is 389 g/mol. The predicted octanol–water partition coefficient (Wildman–Crippen LogP) is 5.89. The van der Waals surface area contributed by atoms with Gasteiger partial charge in [0.2, 0.25) is 0 Å². The summed E-state index contributed by atoms with van der Waals surface area (Å²) in [7, 11) is -5.79. The fourth-order valence-corrected chi connectivity index (χ4v) is 3.51. The van der Waals surface area contributed by atoms with Crippen LogP contribution in [-0.4, -0.2) is 13.9 Å². The number of rotatable bonds is 3. The predicted molar refractivity (Wildman–Crippen MR) is 102 cm³/mol. The summed E-state index contributed by atoms with van der Waals surface area (Å²) in [6, 6.07) is 22.7. The molecule has 0 spiro atoms. The Bertz CT molecular complexity index is 1300. The highest BCUT2D eigenvalue weighted by atomic mass is 32.2. The molecule has 0 heterocycles. The molecule has 7 heteroatoms. The van der Waals surface area contributed by atoms with Crippen molar-refractivity contribution >= 4 is 31.7 Å². The maximum Gasteiger partial charge on any atom is 0.534 e. The fourth-order valence-electron chi connectivity index (χ4n) is 3.04. The molecule has 0 unspecified atom stereocenters. The molecule has 0 amide bonds. The Morgan fingerprint density at radius 3 is 1.82 bits per heavy atom. The van der Waals surface area contributed by atoms with Gasteiger partial charge in [-0.15, -0.1) is 0 Å². The molecule has 0 saturated heterocycles. The summed E-state index contributed by atoms with van der Waals surface area (Å²) < 4.78 is 66.3. The Labute approximate surface area is 159 Å². The first-order chi connectivity index (χ1) is 13.2. The third-order valence-corrected chi connectivity index (χ3v) is 5.36. The van der Waals surface area contributed by atoms with Gasteiger partial charge in [0.25, 0.3) is 0 Å². The summed E-state index contributed by atoms with van der Waals surface area (Å²) in [6.45, 7) is 0. The van der Waals surface area contributed by atoms with Gasteiger partial charge in [-0.1, -0.05) is 60.7 Å². The Morgan fingerprint density at radius 1 is 0.679 bits per heavy atom. The van der Waals surface area contributed by atoms with Gasteiger partial charge in [0.05, 0.1) is 0 Å². The smallest absolute Gasteiger partial charge is 0.375 e. The maximum absolute atomic E-state index is 12.9. The van der Waals surface area contributed by atoms with E-state index in [4.69, 9.17) is 0 Å². The highest BCUT2D eigenvalue weighted by molar-refractivity contribution is 7.88. The van der Waals surface area contributed by atoms with Crippen LogP contribution < -0.4 is 4.18 Å². The molecule has 0 N–H and O–H groups in total. The summed E-state index contributed by atoms with van der Waals surface area (Å²) in [5.74, 6) is -0.369. The zero-order valence-corrected chi connectivity index (χ0v) is 15.1. The van der Waals surface area contributed by atoms with E-state index in [1.54, 1.807) is 42.5 Å². The molecule has 0 fully saturated rings. The first kappa shape index (κ1) is 18.3. The molecule has 28 heavy (non-hydrogen) atoms. The van der Waals surface area contributed by atoms with Crippen molar-refractivity contribution in [2.45, 2.75) is 5.51 Å². The zero-order chi connectivity index (χ0) is 19.9. The minimum Gasteiger partial charge on any atom is -0.375 e. The topological polar surface area (TPSA) is 43.4 Å². The van der Waals surface area contributed by atoms with Crippen molar-refractivity contribution < 1.29 is 25.8 Å². The van der Waals surface area contributed by atoms with Gasteiger partial charge in [0, 0.05) is 5.56 Å². The summed E-state index contributed by atoms with van der Waals surface area (Å²) in [5, 5.41) is 3.15. The second kappa shape index (κ2) is 6.53. The van der Waals surface area contributed by atoms with Crippen LogP contribution in [-0.2, 0) is 10.1 Å². The summed E-state index contributed by atoms with van der Waals surface area (Å²) in [5.41, 5.74) is -4.70. The lowest BCUT2D eigenvalue weighted by atomic mass is 9.98. The van der Waals surface area contributed by atoms with Gasteiger partial charge in [-0.2, -0.15) is 21.6 Å². The van der Waals surface area contributed by atoms with Crippen LogP contribution in [0.1, 0.15) is 0 Å². The van der Waals surface area contributed by atoms with Crippen LogP contribution in [0.15, 0.2) is 78.9 Å². The van der Waals surface area contributed by atoms with Gasteiger partial charge in [0.15, 0.2) is 5.75 Å². The number of halogens is 3. The average molecular weight is 402 g/mol. The Kier molecular flexibility index (Phi) is 4.27. The lowest BCUT2D eigenvalue weighted by Gasteiger charge is -2.15. The van der Waals surface area contributed by atoms with Crippen molar-refractivity contribution in [3.8, 4) is 16.9 Å². The molecule has 0 aliphatic heterocycles. The molecule has 0 saturated carbocycles. The van der Waals surface area contributed by atoms with Gasteiger partial charge in [-0.3, -0.25) is 0 Å². The van der Waals surface area contributed by atoms with Crippen molar-refractivity contribution in [1.82, 2.24) is 0 Å². The minimum absolute atomic E-state index is 0.261. The number of hydrogen-bond acceptors (Lipinski definition) is 3. The van der Waals surface area contributed by atoms with Crippen LogP contribution in [0.25, 0.3) is 32.7 Å². The zero-order valence-electron chi connectivity index (χ0n) is 14.3. The highest BCUT2D eigenvalue weighted by Crippen LogP contribution is 2.38. The standard InChI is InChI=1S/C21H13F3O3S/c22-21(23,24)28(25,26)27-20-13-17-8-4-3-7-16(17)12-19(20)18-10-9-14-5-1-2-6-15(14)11-18/h1-13H. The molecular formula is C21H13F3O3S. The molecule has 4 aromatic carbocycles.